The Hall–Kier alpha value is -1.66. The highest BCUT2D eigenvalue weighted by Crippen LogP contribution is 2.21. The van der Waals surface area contributed by atoms with Crippen LogP contribution in [0.15, 0.2) is 35.7 Å². The average Bonchev–Trinajstić information content (AvgIpc) is 2.54. The van der Waals surface area contributed by atoms with Gasteiger partial charge in [0.05, 0.1) is 12.5 Å². The van der Waals surface area contributed by atoms with E-state index in [4.69, 9.17) is 4.74 Å². The maximum Gasteiger partial charge on any atom is 0.310 e. The van der Waals surface area contributed by atoms with E-state index in [1.807, 2.05) is 30.3 Å². The third-order valence-electron chi connectivity index (χ3n) is 3.60. The normalized spacial score (nSPS) is 20.1. The molecular weight excluding hydrogens is 302 g/mol. The zero-order valence-electron chi connectivity index (χ0n) is 12.6. The molecule has 5 nitrogen and oxygen atoms in total. The number of hydrogen-bond donors (Lipinski definition) is 0. The van der Waals surface area contributed by atoms with Crippen LogP contribution < -0.4 is 0 Å². The lowest BCUT2D eigenvalue weighted by Gasteiger charge is -2.29. The van der Waals surface area contributed by atoms with Crippen molar-refractivity contribution in [1.82, 2.24) is 4.31 Å². The Kier molecular flexibility index (Phi) is 5.74. The van der Waals surface area contributed by atoms with E-state index >= 15 is 0 Å². The van der Waals surface area contributed by atoms with Crippen LogP contribution in [0.4, 0.5) is 0 Å². The number of carbonyl (C=O) groups is 1. The minimum absolute atomic E-state index is 0.195. The minimum Gasteiger partial charge on any atom is -0.466 e. The molecule has 0 amide bonds. The zero-order chi connectivity index (χ0) is 16.0. The maximum atomic E-state index is 12.4. The SMILES string of the molecule is CCOC(=O)[C@@H]1CCCN(S(=O)(=O)/C=C\c2ccccc2)C1. The Morgan fingerprint density at radius 1 is 1.36 bits per heavy atom. The van der Waals surface area contributed by atoms with Crippen LogP contribution in [0.3, 0.4) is 0 Å². The van der Waals surface area contributed by atoms with Crippen LogP contribution in [0.2, 0.25) is 0 Å². The number of nitrogens with zero attached hydrogens (tertiary/aromatic N) is 1. The lowest BCUT2D eigenvalue weighted by atomic mass is 10.0. The van der Waals surface area contributed by atoms with E-state index in [-0.39, 0.29) is 18.4 Å². The number of hydrogen-bond acceptors (Lipinski definition) is 4. The van der Waals surface area contributed by atoms with Crippen molar-refractivity contribution < 1.29 is 17.9 Å². The molecule has 1 fully saturated rings. The summed E-state index contributed by atoms with van der Waals surface area (Å²) in [6, 6.07) is 9.25. The number of esters is 1. The van der Waals surface area contributed by atoms with Gasteiger partial charge in [-0.25, -0.2) is 8.42 Å². The fraction of sp³-hybridized carbons (Fsp3) is 0.438. The van der Waals surface area contributed by atoms with Gasteiger partial charge in [0, 0.05) is 18.5 Å². The Morgan fingerprint density at radius 3 is 2.77 bits per heavy atom. The summed E-state index contributed by atoms with van der Waals surface area (Å²) < 4.78 is 31.1. The van der Waals surface area contributed by atoms with Crippen molar-refractivity contribution in [2.24, 2.45) is 5.92 Å². The molecule has 0 bridgehead atoms. The van der Waals surface area contributed by atoms with Crippen molar-refractivity contribution in [1.29, 1.82) is 0 Å². The molecule has 0 aliphatic carbocycles. The third kappa shape index (κ3) is 4.42. The molecule has 120 valence electrons. The van der Waals surface area contributed by atoms with E-state index in [0.29, 0.717) is 26.0 Å². The Labute approximate surface area is 131 Å². The van der Waals surface area contributed by atoms with Crippen molar-refractivity contribution in [3.05, 3.63) is 41.3 Å². The molecule has 0 radical (unpaired) electrons. The molecule has 1 saturated heterocycles. The molecule has 1 aliphatic heterocycles. The van der Waals surface area contributed by atoms with Crippen LogP contribution >= 0.6 is 0 Å². The number of piperidine rings is 1. The molecule has 6 heteroatoms. The summed E-state index contributed by atoms with van der Waals surface area (Å²) in [5.74, 6) is -0.678. The monoisotopic (exact) mass is 323 g/mol. The van der Waals surface area contributed by atoms with Crippen LogP contribution in [0, 0.1) is 5.92 Å². The largest absolute Gasteiger partial charge is 0.466 e. The minimum atomic E-state index is -3.52. The quantitative estimate of drug-likeness (QED) is 0.780. The summed E-state index contributed by atoms with van der Waals surface area (Å²) in [5.41, 5.74) is 0.824. The standard InChI is InChI=1S/C16H21NO4S/c1-2-21-16(18)15-9-6-11-17(13-15)22(19,20)12-10-14-7-4-3-5-8-14/h3-5,7-8,10,12,15H,2,6,9,11,13H2,1H3/b12-10-/t15-/m1/s1. The lowest BCUT2D eigenvalue weighted by molar-refractivity contribution is -0.149. The van der Waals surface area contributed by atoms with Gasteiger partial charge in [-0.15, -0.1) is 0 Å². The maximum absolute atomic E-state index is 12.4. The van der Waals surface area contributed by atoms with Gasteiger partial charge >= 0.3 is 5.97 Å². The van der Waals surface area contributed by atoms with Gasteiger partial charge in [0.1, 0.15) is 0 Å². The molecule has 0 aromatic heterocycles. The summed E-state index contributed by atoms with van der Waals surface area (Å²) in [6.07, 6.45) is 2.92. The molecule has 0 spiro atoms. The van der Waals surface area contributed by atoms with Crippen LogP contribution in [0.5, 0.6) is 0 Å². The first kappa shape index (κ1) is 16.7. The fourth-order valence-electron chi connectivity index (χ4n) is 2.44. The second-order valence-electron chi connectivity index (χ2n) is 5.21. The van der Waals surface area contributed by atoms with Gasteiger partial charge in [-0.2, -0.15) is 4.31 Å². The molecule has 1 heterocycles. The van der Waals surface area contributed by atoms with Crippen LogP contribution in [0.1, 0.15) is 25.3 Å². The van der Waals surface area contributed by atoms with Gasteiger partial charge in [-0.1, -0.05) is 30.3 Å². The lowest BCUT2D eigenvalue weighted by Crippen LogP contribution is -2.41. The highest BCUT2D eigenvalue weighted by atomic mass is 32.2. The Balaban J connectivity index is 2.05. The van der Waals surface area contributed by atoms with Gasteiger partial charge in [0.25, 0.3) is 0 Å². The molecular formula is C16H21NO4S. The predicted octanol–water partition coefficient (Wildman–Crippen LogP) is 2.26. The first-order chi connectivity index (χ1) is 10.5. The van der Waals surface area contributed by atoms with Crippen LogP contribution in [-0.2, 0) is 19.6 Å². The summed E-state index contributed by atoms with van der Waals surface area (Å²) >= 11 is 0. The number of benzene rings is 1. The highest BCUT2D eigenvalue weighted by Gasteiger charge is 2.31. The van der Waals surface area contributed by atoms with E-state index in [2.05, 4.69) is 0 Å². The van der Waals surface area contributed by atoms with Gasteiger partial charge < -0.3 is 4.74 Å². The fourth-order valence-corrected chi connectivity index (χ4v) is 3.71. The van der Waals surface area contributed by atoms with Crippen molar-refractivity contribution in [3.8, 4) is 0 Å². The summed E-state index contributed by atoms with van der Waals surface area (Å²) in [6.45, 7) is 2.70. The van der Waals surface area contributed by atoms with Crippen molar-refractivity contribution >= 4 is 22.1 Å². The molecule has 1 aromatic rings. The Morgan fingerprint density at radius 2 is 2.09 bits per heavy atom. The molecule has 1 aromatic carbocycles. The van der Waals surface area contributed by atoms with Crippen molar-refractivity contribution in [2.75, 3.05) is 19.7 Å². The second kappa shape index (κ2) is 7.56. The zero-order valence-corrected chi connectivity index (χ0v) is 13.5. The Bertz CT molecular complexity index is 625. The molecule has 2 rings (SSSR count). The van der Waals surface area contributed by atoms with Gasteiger partial charge in [-0.3, -0.25) is 4.79 Å². The number of carbonyl (C=O) groups excluding carboxylic acids is 1. The summed E-state index contributed by atoms with van der Waals surface area (Å²) in [4.78, 5) is 11.8. The van der Waals surface area contributed by atoms with E-state index in [1.165, 1.54) is 9.71 Å². The van der Waals surface area contributed by atoms with Gasteiger partial charge in [0.2, 0.25) is 10.0 Å². The molecule has 0 saturated carbocycles. The molecule has 1 aliphatic rings. The van der Waals surface area contributed by atoms with E-state index in [9.17, 15) is 13.2 Å². The number of rotatable bonds is 5. The molecule has 1 atom stereocenters. The van der Waals surface area contributed by atoms with Crippen LogP contribution in [0.25, 0.3) is 6.08 Å². The van der Waals surface area contributed by atoms with E-state index in [1.54, 1.807) is 13.0 Å². The van der Waals surface area contributed by atoms with Crippen LogP contribution in [-0.4, -0.2) is 38.4 Å². The second-order valence-corrected chi connectivity index (χ2v) is 7.03. The number of ether oxygens (including phenoxy) is 1. The predicted molar refractivity (Wildman–Crippen MR) is 85.3 cm³/mol. The summed E-state index contributed by atoms with van der Waals surface area (Å²) in [7, 11) is -3.52. The molecule has 0 unspecified atom stereocenters. The van der Waals surface area contributed by atoms with E-state index in [0.717, 1.165) is 5.56 Å². The van der Waals surface area contributed by atoms with E-state index < -0.39 is 10.0 Å². The highest BCUT2D eigenvalue weighted by molar-refractivity contribution is 7.92. The average molecular weight is 323 g/mol. The van der Waals surface area contributed by atoms with Gasteiger partial charge in [-0.05, 0) is 31.4 Å². The van der Waals surface area contributed by atoms with Crippen molar-refractivity contribution in [3.63, 3.8) is 0 Å². The molecule has 0 N–H and O–H groups in total. The smallest absolute Gasteiger partial charge is 0.310 e. The van der Waals surface area contributed by atoms with Gasteiger partial charge in [0.15, 0.2) is 0 Å². The number of sulfonamides is 1. The first-order valence-electron chi connectivity index (χ1n) is 7.43. The third-order valence-corrected chi connectivity index (χ3v) is 5.13. The first-order valence-corrected chi connectivity index (χ1v) is 8.93. The molecule has 22 heavy (non-hydrogen) atoms. The summed E-state index contributed by atoms with van der Waals surface area (Å²) in [5, 5.41) is 1.20. The van der Waals surface area contributed by atoms with Crippen molar-refractivity contribution in [2.45, 2.75) is 19.8 Å². The topological polar surface area (TPSA) is 63.7 Å².